The van der Waals surface area contributed by atoms with Gasteiger partial charge in [-0.2, -0.15) is 0 Å². The molecule has 20 heavy (non-hydrogen) atoms. The average Bonchev–Trinajstić information content (AvgIpc) is 2.94. The van der Waals surface area contributed by atoms with Gasteiger partial charge in [0.25, 0.3) is 5.91 Å². The van der Waals surface area contributed by atoms with Crippen LogP contribution < -0.4 is 5.32 Å². The largest absolute Gasteiger partial charge is 0.506 e. The maximum atomic E-state index is 12.0. The first-order valence-electron chi connectivity index (χ1n) is 5.93. The Morgan fingerprint density at radius 1 is 1.45 bits per heavy atom. The van der Waals surface area contributed by atoms with Crippen molar-refractivity contribution in [1.82, 2.24) is 5.32 Å². The lowest BCUT2D eigenvalue weighted by atomic mass is 10.1. The Morgan fingerprint density at radius 2 is 2.20 bits per heavy atom. The van der Waals surface area contributed by atoms with Crippen molar-refractivity contribution in [3.63, 3.8) is 0 Å². The Labute approximate surface area is 125 Å². The Balaban J connectivity index is 2.03. The van der Waals surface area contributed by atoms with E-state index in [9.17, 15) is 15.0 Å². The molecule has 106 valence electrons. The lowest BCUT2D eigenvalue weighted by Gasteiger charge is -2.22. The molecule has 0 aliphatic carbocycles. The van der Waals surface area contributed by atoms with Gasteiger partial charge in [-0.1, -0.05) is 17.7 Å². The molecule has 0 saturated carbocycles. The molecule has 0 saturated heterocycles. The van der Waals surface area contributed by atoms with Crippen LogP contribution in [-0.4, -0.2) is 22.7 Å². The van der Waals surface area contributed by atoms with Gasteiger partial charge in [0.05, 0.1) is 11.6 Å². The SMILES string of the molecule is CC(O)(CNC(=O)c1ccc(O)c(Cl)c1)c1cccs1. The van der Waals surface area contributed by atoms with Gasteiger partial charge in [-0.05, 0) is 36.6 Å². The molecule has 2 aromatic rings. The van der Waals surface area contributed by atoms with Crippen molar-refractivity contribution in [2.45, 2.75) is 12.5 Å². The second kappa shape index (κ2) is 5.83. The van der Waals surface area contributed by atoms with Gasteiger partial charge in [0.15, 0.2) is 0 Å². The number of halogens is 1. The third-order valence-corrected chi connectivity index (χ3v) is 4.28. The van der Waals surface area contributed by atoms with E-state index in [0.29, 0.717) is 5.56 Å². The molecule has 2 rings (SSSR count). The second-order valence-electron chi connectivity index (χ2n) is 4.60. The minimum Gasteiger partial charge on any atom is -0.506 e. The van der Waals surface area contributed by atoms with Crippen LogP contribution in [-0.2, 0) is 5.60 Å². The van der Waals surface area contributed by atoms with Crippen LogP contribution in [0.3, 0.4) is 0 Å². The zero-order valence-electron chi connectivity index (χ0n) is 10.8. The van der Waals surface area contributed by atoms with Gasteiger partial charge in [-0.3, -0.25) is 4.79 Å². The summed E-state index contributed by atoms with van der Waals surface area (Å²) in [4.78, 5) is 12.7. The van der Waals surface area contributed by atoms with E-state index >= 15 is 0 Å². The van der Waals surface area contributed by atoms with Crippen molar-refractivity contribution in [3.05, 3.63) is 51.2 Å². The Bertz CT molecular complexity index is 611. The number of hydrogen-bond donors (Lipinski definition) is 3. The quantitative estimate of drug-likeness (QED) is 0.813. The number of benzene rings is 1. The molecular formula is C14H14ClNO3S. The number of phenols is 1. The molecule has 1 amide bonds. The highest BCUT2D eigenvalue weighted by atomic mass is 35.5. The van der Waals surface area contributed by atoms with Crippen LogP contribution in [0.5, 0.6) is 5.75 Å². The summed E-state index contributed by atoms with van der Waals surface area (Å²) in [6.45, 7) is 1.73. The monoisotopic (exact) mass is 311 g/mol. The number of rotatable bonds is 4. The van der Waals surface area contributed by atoms with Crippen LogP contribution in [0.1, 0.15) is 22.2 Å². The number of carbonyl (C=O) groups is 1. The minimum absolute atomic E-state index is 0.0752. The first-order valence-corrected chi connectivity index (χ1v) is 7.19. The fourth-order valence-corrected chi connectivity index (χ4v) is 2.64. The third-order valence-electron chi connectivity index (χ3n) is 2.86. The van der Waals surface area contributed by atoms with Crippen molar-refractivity contribution in [2.24, 2.45) is 0 Å². The van der Waals surface area contributed by atoms with Crippen LogP contribution in [0.4, 0.5) is 0 Å². The summed E-state index contributed by atoms with van der Waals surface area (Å²) in [6.07, 6.45) is 0. The molecule has 1 aromatic carbocycles. The molecule has 0 spiro atoms. The molecule has 6 heteroatoms. The Kier molecular flexibility index (Phi) is 4.32. The molecule has 1 heterocycles. The van der Waals surface area contributed by atoms with E-state index in [0.717, 1.165) is 4.88 Å². The van der Waals surface area contributed by atoms with E-state index in [2.05, 4.69) is 5.32 Å². The molecular weight excluding hydrogens is 298 g/mol. The topological polar surface area (TPSA) is 69.6 Å². The second-order valence-corrected chi connectivity index (χ2v) is 5.95. The predicted octanol–water partition coefficient (Wildman–Crippen LogP) is 2.74. The van der Waals surface area contributed by atoms with E-state index < -0.39 is 5.60 Å². The van der Waals surface area contributed by atoms with Gasteiger partial charge in [0, 0.05) is 10.4 Å². The summed E-state index contributed by atoms with van der Waals surface area (Å²) in [5, 5.41) is 24.2. The smallest absolute Gasteiger partial charge is 0.251 e. The Hall–Kier alpha value is -1.56. The van der Waals surface area contributed by atoms with Gasteiger partial charge >= 0.3 is 0 Å². The van der Waals surface area contributed by atoms with E-state index in [-0.39, 0.29) is 23.2 Å². The van der Waals surface area contributed by atoms with Crippen LogP contribution in [0.25, 0.3) is 0 Å². The molecule has 1 atom stereocenters. The minimum atomic E-state index is -1.12. The summed E-state index contributed by atoms with van der Waals surface area (Å²) in [5.74, 6) is -0.433. The number of thiophene rings is 1. The number of nitrogens with one attached hydrogen (secondary N) is 1. The third kappa shape index (κ3) is 3.30. The summed E-state index contributed by atoms with van der Waals surface area (Å²) in [5.41, 5.74) is -0.792. The molecule has 3 N–H and O–H groups in total. The van der Waals surface area contributed by atoms with Crippen LogP contribution in [0.2, 0.25) is 5.02 Å². The molecule has 0 fully saturated rings. The van der Waals surface area contributed by atoms with E-state index in [4.69, 9.17) is 11.6 Å². The standard InChI is InChI=1S/C14H14ClNO3S/c1-14(19,12-3-2-6-20-12)8-16-13(18)9-4-5-11(17)10(15)7-9/h2-7,17,19H,8H2,1H3,(H,16,18). The number of phenolic OH excluding ortho intramolecular Hbond substituents is 1. The summed E-state index contributed by atoms with van der Waals surface area (Å²) in [6, 6.07) is 7.86. The van der Waals surface area contributed by atoms with Gasteiger partial charge < -0.3 is 15.5 Å². The molecule has 1 aromatic heterocycles. The number of amides is 1. The predicted molar refractivity (Wildman–Crippen MR) is 79.3 cm³/mol. The summed E-state index contributed by atoms with van der Waals surface area (Å²) in [7, 11) is 0. The molecule has 0 aliphatic heterocycles. The van der Waals surface area contributed by atoms with Crippen molar-refractivity contribution < 1.29 is 15.0 Å². The zero-order chi connectivity index (χ0) is 14.8. The fourth-order valence-electron chi connectivity index (χ4n) is 1.67. The normalized spacial score (nSPS) is 13.8. The van der Waals surface area contributed by atoms with Gasteiger partial charge in [0.1, 0.15) is 11.4 Å². The first-order chi connectivity index (χ1) is 9.40. The van der Waals surface area contributed by atoms with Crippen molar-refractivity contribution >= 4 is 28.8 Å². The fraction of sp³-hybridized carbons (Fsp3) is 0.214. The number of aromatic hydroxyl groups is 1. The van der Waals surface area contributed by atoms with Crippen molar-refractivity contribution in [2.75, 3.05) is 6.54 Å². The van der Waals surface area contributed by atoms with Crippen molar-refractivity contribution in [3.8, 4) is 5.75 Å². The Morgan fingerprint density at radius 3 is 2.80 bits per heavy atom. The first kappa shape index (κ1) is 14.8. The number of aliphatic hydroxyl groups is 1. The highest BCUT2D eigenvalue weighted by Gasteiger charge is 2.25. The van der Waals surface area contributed by atoms with Gasteiger partial charge in [0.2, 0.25) is 0 Å². The maximum Gasteiger partial charge on any atom is 0.251 e. The number of carbonyl (C=O) groups excluding carboxylic acids is 1. The van der Waals surface area contributed by atoms with Crippen LogP contribution in [0, 0.1) is 0 Å². The molecule has 1 unspecified atom stereocenters. The lowest BCUT2D eigenvalue weighted by molar-refractivity contribution is 0.0557. The highest BCUT2D eigenvalue weighted by Crippen LogP contribution is 2.25. The zero-order valence-corrected chi connectivity index (χ0v) is 12.3. The van der Waals surface area contributed by atoms with E-state index in [1.54, 1.807) is 6.92 Å². The van der Waals surface area contributed by atoms with E-state index in [1.807, 2.05) is 17.5 Å². The average molecular weight is 312 g/mol. The summed E-state index contributed by atoms with van der Waals surface area (Å²) >= 11 is 7.18. The number of hydrogen-bond acceptors (Lipinski definition) is 4. The van der Waals surface area contributed by atoms with Crippen LogP contribution in [0.15, 0.2) is 35.7 Å². The molecule has 0 radical (unpaired) electrons. The van der Waals surface area contributed by atoms with Gasteiger partial charge in [-0.25, -0.2) is 0 Å². The highest BCUT2D eigenvalue weighted by molar-refractivity contribution is 7.10. The molecule has 0 bridgehead atoms. The summed E-state index contributed by atoms with van der Waals surface area (Å²) < 4.78 is 0. The molecule has 0 aliphatic rings. The molecule has 4 nitrogen and oxygen atoms in total. The van der Waals surface area contributed by atoms with E-state index in [1.165, 1.54) is 29.5 Å². The lowest BCUT2D eigenvalue weighted by Crippen LogP contribution is -2.38. The maximum absolute atomic E-state index is 12.0. The van der Waals surface area contributed by atoms with Crippen LogP contribution >= 0.6 is 22.9 Å². The van der Waals surface area contributed by atoms with Gasteiger partial charge in [-0.15, -0.1) is 11.3 Å². The van der Waals surface area contributed by atoms with Crippen molar-refractivity contribution in [1.29, 1.82) is 0 Å².